The third kappa shape index (κ3) is 3.66. The van der Waals surface area contributed by atoms with Gasteiger partial charge >= 0.3 is 0 Å². The number of carbonyl (C=O) groups excluding carboxylic acids is 1. The van der Waals surface area contributed by atoms with Crippen molar-refractivity contribution < 1.29 is 4.79 Å². The molecule has 0 saturated carbocycles. The number of carbonyl (C=O) groups is 1. The molecule has 118 valence electrons. The predicted octanol–water partition coefficient (Wildman–Crippen LogP) is 2.71. The third-order valence-corrected chi connectivity index (χ3v) is 3.32. The lowest BCUT2D eigenvalue weighted by Gasteiger charge is -2.15. The number of hydrogen-bond acceptors (Lipinski definition) is 6. The van der Waals surface area contributed by atoms with Crippen molar-refractivity contribution in [3.05, 3.63) is 48.2 Å². The molecule has 2 heterocycles. The van der Waals surface area contributed by atoms with E-state index in [4.69, 9.17) is 5.41 Å². The molecule has 6 nitrogen and oxygen atoms in total. The molecule has 0 amide bonds. The van der Waals surface area contributed by atoms with Crippen LogP contribution in [0.1, 0.15) is 24.0 Å². The van der Waals surface area contributed by atoms with E-state index in [9.17, 15) is 4.79 Å². The van der Waals surface area contributed by atoms with Gasteiger partial charge in [-0.3, -0.25) is 15.2 Å². The fraction of sp³-hybridized carbons (Fsp3) is 0.235. The van der Waals surface area contributed by atoms with E-state index in [1.54, 1.807) is 24.5 Å². The van der Waals surface area contributed by atoms with Crippen molar-refractivity contribution in [3.63, 3.8) is 0 Å². The fourth-order valence-electron chi connectivity index (χ4n) is 2.13. The van der Waals surface area contributed by atoms with Gasteiger partial charge < -0.3 is 5.32 Å². The molecule has 0 atom stereocenters. The van der Waals surface area contributed by atoms with Crippen molar-refractivity contribution in [3.8, 4) is 11.3 Å². The monoisotopic (exact) mass is 309 g/mol. The fourth-order valence-corrected chi connectivity index (χ4v) is 2.13. The van der Waals surface area contributed by atoms with Crippen molar-refractivity contribution >= 4 is 17.2 Å². The summed E-state index contributed by atoms with van der Waals surface area (Å²) in [6.45, 7) is 9.21. The standard InChI is InChI=1S/C17H19N5O/c1-5-6-19-17-10(2)22-15(7-14(17)16(18)11(3)23)13-8-20-12(4)21-9-13/h5,7-9,18-19H,1,6H2,2-4H3. The minimum absolute atomic E-state index is 0.0589. The number of pyridine rings is 1. The number of aromatic nitrogens is 3. The van der Waals surface area contributed by atoms with Crippen molar-refractivity contribution in [2.45, 2.75) is 20.8 Å². The van der Waals surface area contributed by atoms with Gasteiger partial charge in [-0.05, 0) is 19.9 Å². The normalized spacial score (nSPS) is 10.2. The van der Waals surface area contributed by atoms with Gasteiger partial charge in [0.2, 0.25) is 0 Å². The van der Waals surface area contributed by atoms with Crippen molar-refractivity contribution in [2.75, 3.05) is 11.9 Å². The number of nitrogens with one attached hydrogen (secondary N) is 2. The summed E-state index contributed by atoms with van der Waals surface area (Å²) in [5.74, 6) is 0.370. The molecule has 0 spiro atoms. The van der Waals surface area contributed by atoms with Gasteiger partial charge in [-0.1, -0.05) is 6.08 Å². The molecule has 0 aliphatic heterocycles. The van der Waals surface area contributed by atoms with Gasteiger partial charge in [0.25, 0.3) is 0 Å². The van der Waals surface area contributed by atoms with E-state index in [0.29, 0.717) is 35.0 Å². The molecule has 2 aromatic heterocycles. The second-order valence-corrected chi connectivity index (χ2v) is 5.14. The number of Topliss-reactive ketones (excluding diaryl/α,β-unsaturated/α-hetero) is 1. The van der Waals surface area contributed by atoms with Crippen LogP contribution in [0.4, 0.5) is 5.69 Å². The highest BCUT2D eigenvalue weighted by Gasteiger charge is 2.17. The first-order valence-corrected chi connectivity index (χ1v) is 7.19. The van der Waals surface area contributed by atoms with Crippen molar-refractivity contribution in [1.29, 1.82) is 5.41 Å². The zero-order chi connectivity index (χ0) is 17.0. The average molecular weight is 309 g/mol. The van der Waals surface area contributed by atoms with Crippen LogP contribution in [-0.4, -0.2) is 33.0 Å². The Morgan fingerprint density at radius 1 is 1.35 bits per heavy atom. The van der Waals surface area contributed by atoms with E-state index in [0.717, 1.165) is 5.56 Å². The second-order valence-electron chi connectivity index (χ2n) is 5.14. The maximum absolute atomic E-state index is 11.7. The summed E-state index contributed by atoms with van der Waals surface area (Å²) in [6, 6.07) is 1.72. The molecule has 2 aromatic rings. The lowest BCUT2D eigenvalue weighted by atomic mass is 10.0. The Hall–Kier alpha value is -2.89. The molecule has 0 bridgehead atoms. The molecule has 0 aromatic carbocycles. The lowest BCUT2D eigenvalue weighted by Crippen LogP contribution is -2.15. The topological polar surface area (TPSA) is 91.6 Å². The highest BCUT2D eigenvalue weighted by molar-refractivity contribution is 6.45. The first kappa shape index (κ1) is 16.5. The highest BCUT2D eigenvalue weighted by Crippen LogP contribution is 2.26. The first-order valence-electron chi connectivity index (χ1n) is 7.19. The maximum atomic E-state index is 11.7. The Morgan fingerprint density at radius 2 is 2.00 bits per heavy atom. The number of hydrogen-bond donors (Lipinski definition) is 2. The van der Waals surface area contributed by atoms with E-state index >= 15 is 0 Å². The number of ketones is 1. The minimum Gasteiger partial charge on any atom is -0.380 e. The first-order chi connectivity index (χ1) is 10.9. The molecule has 2 rings (SSSR count). The van der Waals surface area contributed by atoms with Gasteiger partial charge in [-0.25, -0.2) is 9.97 Å². The molecule has 6 heteroatoms. The Labute approximate surface area is 135 Å². The van der Waals surface area contributed by atoms with E-state index in [2.05, 4.69) is 26.8 Å². The number of nitrogens with zero attached hydrogens (tertiary/aromatic N) is 3. The molecular formula is C17H19N5O. The van der Waals surface area contributed by atoms with Gasteiger partial charge in [0.05, 0.1) is 17.1 Å². The van der Waals surface area contributed by atoms with Crippen LogP contribution in [0.3, 0.4) is 0 Å². The molecule has 0 radical (unpaired) electrons. The van der Waals surface area contributed by atoms with Crippen LogP contribution in [0.25, 0.3) is 11.3 Å². The smallest absolute Gasteiger partial charge is 0.178 e. The van der Waals surface area contributed by atoms with Crippen LogP contribution in [0.15, 0.2) is 31.1 Å². The summed E-state index contributed by atoms with van der Waals surface area (Å²) >= 11 is 0. The minimum atomic E-state index is -0.302. The number of aryl methyl sites for hydroxylation is 2. The lowest BCUT2D eigenvalue weighted by molar-refractivity contribution is -0.111. The Balaban J connectivity index is 2.59. The van der Waals surface area contributed by atoms with Crippen LogP contribution in [-0.2, 0) is 4.79 Å². The molecule has 0 saturated heterocycles. The Bertz CT molecular complexity index is 765. The van der Waals surface area contributed by atoms with Gasteiger partial charge in [0.1, 0.15) is 11.5 Å². The summed E-state index contributed by atoms with van der Waals surface area (Å²) in [7, 11) is 0. The average Bonchev–Trinajstić information content (AvgIpc) is 2.53. The van der Waals surface area contributed by atoms with Crippen LogP contribution in [0.5, 0.6) is 0 Å². The molecule has 2 N–H and O–H groups in total. The summed E-state index contributed by atoms with van der Waals surface area (Å²) < 4.78 is 0. The van der Waals surface area contributed by atoms with Crippen LogP contribution in [0.2, 0.25) is 0 Å². The van der Waals surface area contributed by atoms with E-state index in [1.807, 2.05) is 13.8 Å². The zero-order valence-electron chi connectivity index (χ0n) is 13.5. The highest BCUT2D eigenvalue weighted by atomic mass is 16.1. The molecule has 23 heavy (non-hydrogen) atoms. The van der Waals surface area contributed by atoms with Crippen molar-refractivity contribution in [1.82, 2.24) is 15.0 Å². The Kier molecular flexibility index (Phi) is 4.95. The summed E-state index contributed by atoms with van der Waals surface area (Å²) in [4.78, 5) is 24.5. The van der Waals surface area contributed by atoms with Gasteiger partial charge in [0, 0.05) is 37.0 Å². The van der Waals surface area contributed by atoms with Crippen molar-refractivity contribution in [2.24, 2.45) is 0 Å². The SMILES string of the molecule is C=CCNc1c(C(=N)C(C)=O)cc(-c2cnc(C)nc2)nc1C. The second kappa shape index (κ2) is 6.91. The number of rotatable bonds is 6. The van der Waals surface area contributed by atoms with Gasteiger partial charge in [-0.15, -0.1) is 6.58 Å². The molecule has 0 aliphatic carbocycles. The predicted molar refractivity (Wildman–Crippen MR) is 90.9 cm³/mol. The van der Waals surface area contributed by atoms with Gasteiger partial charge in [0.15, 0.2) is 5.78 Å². The van der Waals surface area contributed by atoms with Crippen LogP contribution >= 0.6 is 0 Å². The largest absolute Gasteiger partial charge is 0.380 e. The summed E-state index contributed by atoms with van der Waals surface area (Å²) in [5, 5.41) is 11.2. The zero-order valence-corrected chi connectivity index (χ0v) is 13.5. The van der Waals surface area contributed by atoms with E-state index in [1.165, 1.54) is 6.92 Å². The van der Waals surface area contributed by atoms with E-state index < -0.39 is 0 Å². The maximum Gasteiger partial charge on any atom is 0.178 e. The molecule has 0 unspecified atom stereocenters. The van der Waals surface area contributed by atoms with Gasteiger partial charge in [-0.2, -0.15) is 0 Å². The summed E-state index contributed by atoms with van der Waals surface area (Å²) in [6.07, 6.45) is 5.08. The van der Waals surface area contributed by atoms with E-state index in [-0.39, 0.29) is 11.5 Å². The third-order valence-electron chi connectivity index (χ3n) is 3.32. The Morgan fingerprint density at radius 3 is 2.57 bits per heavy atom. The molecule has 0 aliphatic rings. The van der Waals surface area contributed by atoms with Crippen LogP contribution < -0.4 is 5.32 Å². The number of anilines is 1. The molecular weight excluding hydrogens is 290 g/mol. The quantitative estimate of drug-likeness (QED) is 0.632. The van der Waals surface area contributed by atoms with Crippen LogP contribution in [0, 0.1) is 19.3 Å². The molecule has 0 fully saturated rings. The summed E-state index contributed by atoms with van der Waals surface area (Å²) in [5.41, 5.74) is 3.20.